The van der Waals surface area contributed by atoms with Gasteiger partial charge in [-0.1, -0.05) is 178 Å². The average Bonchev–Trinajstić information content (AvgIpc) is 3.51. The van der Waals surface area contributed by atoms with Crippen molar-refractivity contribution in [3.63, 3.8) is 0 Å². The van der Waals surface area contributed by atoms with Crippen LogP contribution < -0.4 is 4.90 Å². The molecule has 274 valence electrons. The molecule has 10 aromatic rings. The maximum Gasteiger partial charge on any atom is 0.0467 e. The van der Waals surface area contributed by atoms with Gasteiger partial charge in [0.05, 0.1) is 0 Å². The lowest BCUT2D eigenvalue weighted by molar-refractivity contribution is 0.660. The Balaban J connectivity index is 1.07. The third kappa shape index (κ3) is 5.62. The molecule has 0 atom stereocenters. The first kappa shape index (κ1) is 34.1. The summed E-state index contributed by atoms with van der Waals surface area (Å²) in [6, 6.07) is 78.3. The van der Waals surface area contributed by atoms with E-state index in [1.54, 1.807) is 0 Å². The topological polar surface area (TPSA) is 3.24 Å². The molecule has 0 unspecified atom stereocenters. The highest BCUT2D eigenvalue weighted by molar-refractivity contribution is 6.12. The monoisotopic (exact) mass is 739 g/mol. The predicted molar refractivity (Wildman–Crippen MR) is 248 cm³/mol. The largest absolute Gasteiger partial charge is 0.310 e. The van der Waals surface area contributed by atoms with Gasteiger partial charge in [-0.15, -0.1) is 0 Å². The van der Waals surface area contributed by atoms with Gasteiger partial charge in [-0.3, -0.25) is 0 Å². The van der Waals surface area contributed by atoms with Crippen LogP contribution in [0.3, 0.4) is 0 Å². The summed E-state index contributed by atoms with van der Waals surface area (Å²) >= 11 is 0. The van der Waals surface area contributed by atoms with Crippen molar-refractivity contribution in [1.82, 2.24) is 0 Å². The summed E-state index contributed by atoms with van der Waals surface area (Å²) in [5.41, 5.74) is 15.9. The van der Waals surface area contributed by atoms with Gasteiger partial charge >= 0.3 is 0 Å². The zero-order valence-corrected chi connectivity index (χ0v) is 32.7. The standard InChI is InChI=1S/C57H41N/c1-57(2)55-26-8-7-23-53(55)54-37-44(30-32-56(54)57)42-17-10-20-47(35-42)58(46-19-9-16-41(34-46)43-28-27-38-13-3-4-15-40(38)33-43)48-21-11-18-45(36-48)50-24-12-25-51-49-22-6-5-14-39(49)29-31-52(50)51/h3-37H,1-2H3. The third-order valence-corrected chi connectivity index (χ3v) is 12.4. The molecule has 0 aliphatic heterocycles. The molecule has 11 rings (SSSR count). The van der Waals surface area contributed by atoms with Crippen LogP contribution in [-0.4, -0.2) is 0 Å². The molecule has 0 amide bonds. The lowest BCUT2D eigenvalue weighted by Crippen LogP contribution is -2.14. The van der Waals surface area contributed by atoms with E-state index in [1.807, 2.05) is 0 Å². The van der Waals surface area contributed by atoms with Crippen molar-refractivity contribution in [1.29, 1.82) is 0 Å². The van der Waals surface area contributed by atoms with Crippen LogP contribution in [0.4, 0.5) is 17.1 Å². The summed E-state index contributed by atoms with van der Waals surface area (Å²) in [6.07, 6.45) is 0. The highest BCUT2D eigenvalue weighted by Gasteiger charge is 2.35. The SMILES string of the molecule is CC1(C)c2ccccc2-c2cc(-c3cccc(N(c4cccc(-c5ccc6ccccc6c5)c4)c4cccc(-c5cccc6c5ccc5ccccc56)c4)c3)ccc21. The summed E-state index contributed by atoms with van der Waals surface area (Å²) in [6.45, 7) is 4.69. The van der Waals surface area contributed by atoms with E-state index in [4.69, 9.17) is 0 Å². The Morgan fingerprint density at radius 1 is 0.293 bits per heavy atom. The molecule has 1 nitrogen and oxygen atoms in total. The molecule has 1 aliphatic rings. The first-order valence-corrected chi connectivity index (χ1v) is 20.2. The van der Waals surface area contributed by atoms with Crippen LogP contribution >= 0.6 is 0 Å². The van der Waals surface area contributed by atoms with E-state index in [2.05, 4.69) is 231 Å². The highest BCUT2D eigenvalue weighted by Crippen LogP contribution is 2.50. The van der Waals surface area contributed by atoms with Crippen LogP contribution in [0, 0.1) is 0 Å². The van der Waals surface area contributed by atoms with Crippen molar-refractivity contribution < 1.29 is 0 Å². The fraction of sp³-hybridized carbons (Fsp3) is 0.0526. The Morgan fingerprint density at radius 3 is 1.59 bits per heavy atom. The van der Waals surface area contributed by atoms with Gasteiger partial charge in [0, 0.05) is 22.5 Å². The van der Waals surface area contributed by atoms with Gasteiger partial charge in [0.25, 0.3) is 0 Å². The number of fused-ring (bicyclic) bond motifs is 7. The van der Waals surface area contributed by atoms with Gasteiger partial charge in [0.2, 0.25) is 0 Å². The fourth-order valence-electron chi connectivity index (χ4n) is 9.47. The summed E-state index contributed by atoms with van der Waals surface area (Å²) in [4.78, 5) is 2.42. The molecular weight excluding hydrogens is 699 g/mol. The summed E-state index contributed by atoms with van der Waals surface area (Å²) in [5.74, 6) is 0. The Bertz CT molecular complexity index is 3220. The average molecular weight is 740 g/mol. The van der Waals surface area contributed by atoms with Crippen molar-refractivity contribution in [2.75, 3.05) is 4.90 Å². The number of hydrogen-bond acceptors (Lipinski definition) is 1. The van der Waals surface area contributed by atoms with Crippen molar-refractivity contribution >= 4 is 49.4 Å². The van der Waals surface area contributed by atoms with E-state index in [9.17, 15) is 0 Å². The molecule has 0 N–H and O–H groups in total. The molecule has 10 aromatic carbocycles. The molecule has 58 heavy (non-hydrogen) atoms. The molecule has 0 radical (unpaired) electrons. The van der Waals surface area contributed by atoms with E-state index in [0.29, 0.717) is 0 Å². The highest BCUT2D eigenvalue weighted by atomic mass is 15.1. The molecule has 0 heterocycles. The Morgan fingerprint density at radius 2 is 0.810 bits per heavy atom. The van der Waals surface area contributed by atoms with Crippen LogP contribution in [0.2, 0.25) is 0 Å². The summed E-state index contributed by atoms with van der Waals surface area (Å²) in [7, 11) is 0. The molecule has 0 bridgehead atoms. The molecule has 0 saturated carbocycles. The van der Waals surface area contributed by atoms with E-state index in [-0.39, 0.29) is 5.41 Å². The number of nitrogens with zero attached hydrogens (tertiary/aromatic N) is 1. The quantitative estimate of drug-likeness (QED) is 0.154. The van der Waals surface area contributed by atoms with Gasteiger partial charge in [0.1, 0.15) is 0 Å². The Kier molecular flexibility index (Phi) is 7.91. The van der Waals surface area contributed by atoms with Crippen molar-refractivity contribution in [2.24, 2.45) is 0 Å². The van der Waals surface area contributed by atoms with E-state index in [1.165, 1.54) is 88.0 Å². The normalized spacial score (nSPS) is 12.8. The van der Waals surface area contributed by atoms with E-state index >= 15 is 0 Å². The van der Waals surface area contributed by atoms with Gasteiger partial charge < -0.3 is 4.90 Å². The predicted octanol–water partition coefficient (Wildman–Crippen LogP) is 15.9. The lowest BCUT2D eigenvalue weighted by atomic mass is 9.82. The second-order valence-corrected chi connectivity index (χ2v) is 16.2. The van der Waals surface area contributed by atoms with Crippen molar-refractivity contribution in [2.45, 2.75) is 19.3 Å². The number of hydrogen-bond donors (Lipinski definition) is 0. The minimum atomic E-state index is -0.0264. The molecule has 0 spiro atoms. The minimum Gasteiger partial charge on any atom is -0.310 e. The third-order valence-electron chi connectivity index (χ3n) is 12.4. The number of anilines is 3. The molecule has 1 heteroatoms. The van der Waals surface area contributed by atoms with Crippen LogP contribution in [0.1, 0.15) is 25.0 Å². The van der Waals surface area contributed by atoms with Crippen molar-refractivity contribution in [3.05, 3.63) is 223 Å². The molecular formula is C57H41N. The molecule has 0 saturated heterocycles. The van der Waals surface area contributed by atoms with Crippen LogP contribution in [0.25, 0.3) is 76.8 Å². The second-order valence-electron chi connectivity index (χ2n) is 16.2. The Hall–Kier alpha value is -7.22. The van der Waals surface area contributed by atoms with Gasteiger partial charge in [-0.2, -0.15) is 0 Å². The van der Waals surface area contributed by atoms with Gasteiger partial charge in [0.15, 0.2) is 0 Å². The zero-order chi connectivity index (χ0) is 38.8. The maximum absolute atomic E-state index is 2.42. The first-order chi connectivity index (χ1) is 28.5. The van der Waals surface area contributed by atoms with Gasteiger partial charge in [-0.05, 0) is 136 Å². The van der Waals surface area contributed by atoms with Crippen molar-refractivity contribution in [3.8, 4) is 44.5 Å². The van der Waals surface area contributed by atoms with Crippen LogP contribution in [-0.2, 0) is 5.41 Å². The maximum atomic E-state index is 2.42. The first-order valence-electron chi connectivity index (χ1n) is 20.2. The number of benzene rings is 10. The minimum absolute atomic E-state index is 0.0264. The Labute approximate surface area is 340 Å². The molecule has 0 fully saturated rings. The molecule has 0 aromatic heterocycles. The second kappa shape index (κ2) is 13.5. The smallest absolute Gasteiger partial charge is 0.0467 e. The lowest BCUT2D eigenvalue weighted by Gasteiger charge is -2.27. The van der Waals surface area contributed by atoms with Crippen LogP contribution in [0.5, 0.6) is 0 Å². The summed E-state index contributed by atoms with van der Waals surface area (Å²) < 4.78 is 0. The van der Waals surface area contributed by atoms with Crippen LogP contribution in [0.15, 0.2) is 212 Å². The fourth-order valence-corrected chi connectivity index (χ4v) is 9.47. The number of rotatable bonds is 6. The zero-order valence-electron chi connectivity index (χ0n) is 32.7. The molecule has 1 aliphatic carbocycles. The van der Waals surface area contributed by atoms with E-state index < -0.39 is 0 Å². The summed E-state index contributed by atoms with van der Waals surface area (Å²) in [5, 5.41) is 7.55. The van der Waals surface area contributed by atoms with Gasteiger partial charge in [-0.25, -0.2) is 0 Å². The van der Waals surface area contributed by atoms with E-state index in [0.717, 1.165) is 17.1 Å².